The first-order valence-electron chi connectivity index (χ1n) is 4.70. The summed E-state index contributed by atoms with van der Waals surface area (Å²) in [4.78, 5) is 15.5. The number of carbonyl (C=O) groups excluding carboxylic acids is 1. The Morgan fingerprint density at radius 3 is 2.78 bits per heavy atom. The lowest BCUT2D eigenvalue weighted by Gasteiger charge is -2.05. The van der Waals surface area contributed by atoms with Gasteiger partial charge in [0.1, 0.15) is 4.90 Å². The quantitative estimate of drug-likeness (QED) is 0.939. The number of sulfonamides is 1. The fourth-order valence-electron chi connectivity index (χ4n) is 1.18. The van der Waals surface area contributed by atoms with Crippen LogP contribution in [0.1, 0.15) is 9.67 Å². The minimum Gasteiger partial charge on any atom is -0.267 e. The summed E-state index contributed by atoms with van der Waals surface area (Å²) in [5.41, 5.74) is 0. The molecule has 0 saturated heterocycles. The molecule has 2 aromatic rings. The lowest BCUT2D eigenvalue weighted by atomic mass is 10.5. The standard InChI is InChI=1S/C10H7ClN2O3S2/c11-7-4-8(6-12-5-7)18(15,16)13-10(14)9-2-1-3-17-9/h1-6H,(H,13,14). The fraction of sp³-hybridized carbons (Fsp3) is 0. The summed E-state index contributed by atoms with van der Waals surface area (Å²) >= 11 is 6.80. The van der Waals surface area contributed by atoms with Crippen LogP contribution in [0.5, 0.6) is 0 Å². The largest absolute Gasteiger partial charge is 0.275 e. The Hall–Kier alpha value is -1.44. The van der Waals surface area contributed by atoms with Crippen molar-refractivity contribution in [2.45, 2.75) is 4.90 Å². The van der Waals surface area contributed by atoms with E-state index in [-0.39, 0.29) is 9.92 Å². The van der Waals surface area contributed by atoms with Crippen LogP contribution < -0.4 is 4.72 Å². The highest BCUT2D eigenvalue weighted by Gasteiger charge is 2.19. The van der Waals surface area contributed by atoms with E-state index in [0.29, 0.717) is 4.88 Å². The molecule has 94 valence electrons. The molecule has 5 nitrogen and oxygen atoms in total. The number of hydrogen-bond acceptors (Lipinski definition) is 5. The molecule has 18 heavy (non-hydrogen) atoms. The van der Waals surface area contributed by atoms with Gasteiger partial charge in [0.05, 0.1) is 9.90 Å². The number of pyridine rings is 1. The van der Waals surface area contributed by atoms with Crippen molar-refractivity contribution in [2.75, 3.05) is 0 Å². The van der Waals surface area contributed by atoms with E-state index in [1.807, 2.05) is 4.72 Å². The van der Waals surface area contributed by atoms with Crippen LogP contribution in [0.25, 0.3) is 0 Å². The second kappa shape index (κ2) is 5.05. The molecule has 1 N–H and O–H groups in total. The van der Waals surface area contributed by atoms with Crippen LogP contribution in [-0.4, -0.2) is 19.3 Å². The first-order valence-corrected chi connectivity index (χ1v) is 7.44. The molecule has 0 saturated carbocycles. The number of halogens is 1. The molecule has 0 radical (unpaired) electrons. The summed E-state index contributed by atoms with van der Waals surface area (Å²) in [7, 11) is -3.95. The van der Waals surface area contributed by atoms with E-state index < -0.39 is 15.9 Å². The molecule has 0 spiro atoms. The van der Waals surface area contributed by atoms with Gasteiger partial charge >= 0.3 is 0 Å². The average molecular weight is 303 g/mol. The van der Waals surface area contributed by atoms with Crippen LogP contribution in [0.15, 0.2) is 40.9 Å². The lowest BCUT2D eigenvalue weighted by molar-refractivity contribution is 0.0985. The Morgan fingerprint density at radius 1 is 1.39 bits per heavy atom. The summed E-state index contributed by atoms with van der Waals surface area (Å²) in [6, 6.07) is 4.41. The summed E-state index contributed by atoms with van der Waals surface area (Å²) in [6.07, 6.45) is 2.43. The first-order chi connectivity index (χ1) is 8.49. The van der Waals surface area contributed by atoms with Crippen LogP contribution in [0, 0.1) is 0 Å². The van der Waals surface area contributed by atoms with Gasteiger partial charge in [-0.1, -0.05) is 17.7 Å². The molecule has 8 heteroatoms. The molecule has 2 aromatic heterocycles. The van der Waals surface area contributed by atoms with Crippen LogP contribution in [-0.2, 0) is 10.0 Å². The maximum atomic E-state index is 11.9. The van der Waals surface area contributed by atoms with Crippen molar-refractivity contribution < 1.29 is 13.2 Å². The predicted molar refractivity (Wildman–Crippen MR) is 68.2 cm³/mol. The van der Waals surface area contributed by atoms with E-state index in [1.54, 1.807) is 11.4 Å². The van der Waals surface area contributed by atoms with Crippen LogP contribution in [0.3, 0.4) is 0 Å². The normalized spacial score (nSPS) is 11.2. The van der Waals surface area contributed by atoms with E-state index in [1.165, 1.54) is 18.3 Å². The van der Waals surface area contributed by atoms with Gasteiger partial charge in [-0.3, -0.25) is 9.78 Å². The molecule has 0 aliphatic heterocycles. The zero-order valence-electron chi connectivity index (χ0n) is 8.83. The van der Waals surface area contributed by atoms with Crippen LogP contribution in [0.2, 0.25) is 5.02 Å². The van der Waals surface area contributed by atoms with Crippen molar-refractivity contribution in [2.24, 2.45) is 0 Å². The molecular weight excluding hydrogens is 296 g/mol. The number of hydrogen-bond donors (Lipinski definition) is 1. The monoisotopic (exact) mass is 302 g/mol. The van der Waals surface area contributed by atoms with Gasteiger partial charge in [0, 0.05) is 12.4 Å². The summed E-state index contributed by atoms with van der Waals surface area (Å²) in [5, 5.41) is 1.86. The van der Waals surface area contributed by atoms with Crippen molar-refractivity contribution in [3.8, 4) is 0 Å². The van der Waals surface area contributed by atoms with Crippen molar-refractivity contribution in [3.05, 3.63) is 45.9 Å². The highest BCUT2D eigenvalue weighted by Crippen LogP contribution is 2.15. The van der Waals surface area contributed by atoms with Crippen LogP contribution in [0.4, 0.5) is 0 Å². The Labute approximate surface area is 112 Å². The third-order valence-corrected chi connectivity index (χ3v) is 4.34. The number of amides is 1. The van der Waals surface area contributed by atoms with Gasteiger partial charge in [-0.2, -0.15) is 0 Å². The first kappa shape index (κ1) is 13.0. The van der Waals surface area contributed by atoms with E-state index in [9.17, 15) is 13.2 Å². The molecule has 0 bridgehead atoms. The highest BCUT2D eigenvalue weighted by molar-refractivity contribution is 7.90. The third kappa shape index (κ3) is 2.87. The van der Waals surface area contributed by atoms with Gasteiger partial charge in [0.2, 0.25) is 0 Å². The van der Waals surface area contributed by atoms with Gasteiger partial charge in [-0.05, 0) is 17.5 Å². The molecule has 0 unspecified atom stereocenters. The summed E-state index contributed by atoms with van der Waals surface area (Å²) in [5.74, 6) is -0.676. The van der Waals surface area contributed by atoms with Gasteiger partial charge < -0.3 is 0 Å². The van der Waals surface area contributed by atoms with Crippen molar-refractivity contribution in [1.82, 2.24) is 9.71 Å². The number of nitrogens with zero attached hydrogens (tertiary/aromatic N) is 1. The van der Waals surface area contributed by atoms with Crippen molar-refractivity contribution >= 4 is 38.9 Å². The minimum atomic E-state index is -3.95. The average Bonchev–Trinajstić information content (AvgIpc) is 2.82. The lowest BCUT2D eigenvalue weighted by Crippen LogP contribution is -2.30. The molecule has 0 aliphatic rings. The molecule has 0 fully saturated rings. The minimum absolute atomic E-state index is 0.153. The SMILES string of the molecule is O=C(NS(=O)(=O)c1cncc(Cl)c1)c1cccs1. The van der Waals surface area contributed by atoms with E-state index >= 15 is 0 Å². The van der Waals surface area contributed by atoms with E-state index in [0.717, 1.165) is 17.5 Å². The number of rotatable bonds is 3. The van der Waals surface area contributed by atoms with Gasteiger partial charge in [-0.25, -0.2) is 13.1 Å². The van der Waals surface area contributed by atoms with Gasteiger partial charge in [0.15, 0.2) is 0 Å². The van der Waals surface area contributed by atoms with Crippen molar-refractivity contribution in [3.63, 3.8) is 0 Å². The Bertz CT molecular complexity index is 668. The molecular formula is C10H7ClN2O3S2. The highest BCUT2D eigenvalue weighted by atomic mass is 35.5. The zero-order valence-corrected chi connectivity index (χ0v) is 11.2. The smallest absolute Gasteiger partial charge is 0.267 e. The Morgan fingerprint density at radius 2 is 2.17 bits per heavy atom. The Kier molecular flexibility index (Phi) is 3.65. The number of aromatic nitrogens is 1. The molecule has 1 amide bonds. The molecule has 0 aromatic carbocycles. The third-order valence-electron chi connectivity index (χ3n) is 1.96. The molecule has 0 aliphatic carbocycles. The molecule has 0 atom stereocenters. The number of carbonyl (C=O) groups is 1. The summed E-state index contributed by atoms with van der Waals surface area (Å²) in [6.45, 7) is 0. The van der Waals surface area contributed by atoms with Crippen molar-refractivity contribution in [1.29, 1.82) is 0 Å². The molecule has 2 rings (SSSR count). The number of thiophene rings is 1. The summed E-state index contributed by atoms with van der Waals surface area (Å²) < 4.78 is 25.7. The Balaban J connectivity index is 2.25. The maximum Gasteiger partial charge on any atom is 0.275 e. The second-order valence-corrected chi connectivity index (χ2v) is 6.32. The van der Waals surface area contributed by atoms with E-state index in [2.05, 4.69) is 4.98 Å². The predicted octanol–water partition coefficient (Wildman–Crippen LogP) is 1.92. The molecule has 2 heterocycles. The number of nitrogens with one attached hydrogen (secondary N) is 1. The second-order valence-electron chi connectivity index (χ2n) is 3.25. The fourth-order valence-corrected chi connectivity index (χ4v) is 3.05. The topological polar surface area (TPSA) is 76.1 Å². The maximum absolute atomic E-state index is 11.9. The van der Waals surface area contributed by atoms with Gasteiger partial charge in [0.25, 0.3) is 15.9 Å². The zero-order chi connectivity index (χ0) is 13.2. The van der Waals surface area contributed by atoms with Gasteiger partial charge in [-0.15, -0.1) is 11.3 Å². The van der Waals surface area contributed by atoms with Crippen LogP contribution >= 0.6 is 22.9 Å². The van der Waals surface area contributed by atoms with E-state index in [4.69, 9.17) is 11.6 Å².